The van der Waals surface area contributed by atoms with Crippen molar-refractivity contribution in [2.24, 2.45) is 11.7 Å². The molecule has 0 aromatic heterocycles. The van der Waals surface area contributed by atoms with E-state index in [4.69, 9.17) is 15.2 Å². The Balaban J connectivity index is 1.42. The number of esters is 1. The fourth-order valence-corrected chi connectivity index (χ4v) is 3.55. The lowest BCUT2D eigenvalue weighted by atomic mass is 9.82. The maximum absolute atomic E-state index is 11.8. The molecular formula is C24H34N6O10. The summed E-state index contributed by atoms with van der Waals surface area (Å²) >= 11 is 0. The second kappa shape index (κ2) is 16.6. The third kappa shape index (κ3) is 12.0. The number of nitrogens with two attached hydrogens (primary N) is 1. The molecule has 1 aliphatic heterocycles. The lowest BCUT2D eigenvalue weighted by Crippen LogP contribution is -2.44. The van der Waals surface area contributed by atoms with Gasteiger partial charge in [-0.3, -0.25) is 43.3 Å². The van der Waals surface area contributed by atoms with Crippen LogP contribution in [0.5, 0.6) is 0 Å². The van der Waals surface area contributed by atoms with E-state index >= 15 is 0 Å². The van der Waals surface area contributed by atoms with Gasteiger partial charge in [0, 0.05) is 31.0 Å². The average molecular weight is 567 g/mol. The van der Waals surface area contributed by atoms with Crippen molar-refractivity contribution >= 4 is 47.3 Å². The number of unbranched alkanes of at least 4 members (excludes halogenated alkanes) is 2. The molecule has 2 aliphatic rings. The Morgan fingerprint density at radius 1 is 0.800 bits per heavy atom. The molecule has 0 saturated heterocycles. The highest BCUT2D eigenvalue weighted by Crippen LogP contribution is 2.29. The Kier molecular flexibility index (Phi) is 13.2. The van der Waals surface area contributed by atoms with Crippen LogP contribution in [0.4, 0.5) is 0 Å². The van der Waals surface area contributed by atoms with E-state index in [1.54, 1.807) is 0 Å². The fraction of sp³-hybridized carbons (Fsp3) is 0.583. The van der Waals surface area contributed by atoms with Gasteiger partial charge in [-0.1, -0.05) is 6.42 Å². The molecular weight excluding hydrogens is 532 g/mol. The Hall–Kier alpha value is -4.34. The largest absolute Gasteiger partial charge is 0.454 e. The first-order valence-corrected chi connectivity index (χ1v) is 12.7. The van der Waals surface area contributed by atoms with Gasteiger partial charge in [-0.05, 0) is 25.7 Å². The fourth-order valence-electron chi connectivity index (χ4n) is 3.55. The highest BCUT2D eigenvalue weighted by atomic mass is 16.5. The van der Waals surface area contributed by atoms with Crippen LogP contribution in [-0.4, -0.2) is 97.8 Å². The number of carbonyl (C=O) groups is 8. The van der Waals surface area contributed by atoms with Gasteiger partial charge in [0.05, 0.1) is 19.2 Å². The second-order valence-electron chi connectivity index (χ2n) is 9.07. The van der Waals surface area contributed by atoms with Gasteiger partial charge in [-0.2, -0.15) is 0 Å². The van der Waals surface area contributed by atoms with Gasteiger partial charge in [0.1, 0.15) is 13.3 Å². The monoisotopic (exact) mass is 566 g/mol. The smallest absolute Gasteiger partial charge is 0.325 e. The van der Waals surface area contributed by atoms with Crippen molar-refractivity contribution in [3.05, 3.63) is 12.2 Å². The van der Waals surface area contributed by atoms with Crippen molar-refractivity contribution in [1.82, 2.24) is 26.2 Å². The zero-order valence-electron chi connectivity index (χ0n) is 21.9. The zero-order chi connectivity index (χ0) is 29.5. The molecule has 7 amide bonds. The molecule has 1 saturated carbocycles. The van der Waals surface area contributed by atoms with Gasteiger partial charge in [-0.25, -0.2) is 0 Å². The Morgan fingerprint density at radius 3 is 2.05 bits per heavy atom. The maximum Gasteiger partial charge on any atom is 0.325 e. The van der Waals surface area contributed by atoms with Gasteiger partial charge < -0.3 is 36.5 Å². The van der Waals surface area contributed by atoms with Crippen LogP contribution in [0.2, 0.25) is 0 Å². The lowest BCUT2D eigenvalue weighted by molar-refractivity contribution is -0.148. The van der Waals surface area contributed by atoms with Crippen LogP contribution >= 0.6 is 0 Å². The van der Waals surface area contributed by atoms with Gasteiger partial charge in [-0.15, -0.1) is 0 Å². The number of nitrogens with zero attached hydrogens (tertiary/aromatic N) is 1. The summed E-state index contributed by atoms with van der Waals surface area (Å²) in [6, 6.07) is 0. The summed E-state index contributed by atoms with van der Waals surface area (Å²) in [5, 5.41) is 9.31. The predicted molar refractivity (Wildman–Crippen MR) is 134 cm³/mol. The van der Waals surface area contributed by atoms with Crippen LogP contribution in [0, 0.1) is 5.92 Å². The van der Waals surface area contributed by atoms with Gasteiger partial charge in [0.15, 0.2) is 6.61 Å². The summed E-state index contributed by atoms with van der Waals surface area (Å²) in [6.45, 7) is -1.73. The molecule has 1 heterocycles. The van der Waals surface area contributed by atoms with Crippen LogP contribution in [-0.2, 0) is 47.8 Å². The molecule has 0 bridgehead atoms. The topological polar surface area (TPSA) is 232 Å². The van der Waals surface area contributed by atoms with Gasteiger partial charge in [0.25, 0.3) is 17.7 Å². The quantitative estimate of drug-likeness (QED) is 0.0480. The second-order valence-corrected chi connectivity index (χ2v) is 9.07. The number of imide groups is 1. The molecule has 0 aromatic carbocycles. The number of primary amides is 1. The number of ether oxygens (including phenoxy) is 2. The van der Waals surface area contributed by atoms with Gasteiger partial charge >= 0.3 is 5.97 Å². The number of rotatable bonds is 18. The molecule has 220 valence electrons. The third-order valence-corrected chi connectivity index (χ3v) is 5.96. The predicted octanol–water partition coefficient (Wildman–Crippen LogP) is -3.28. The minimum atomic E-state index is -0.850. The van der Waals surface area contributed by atoms with Crippen molar-refractivity contribution in [3.8, 4) is 0 Å². The van der Waals surface area contributed by atoms with E-state index in [0.29, 0.717) is 32.1 Å². The minimum absolute atomic E-state index is 0.0866. The molecule has 0 atom stereocenters. The van der Waals surface area contributed by atoms with Crippen molar-refractivity contribution in [2.45, 2.75) is 44.6 Å². The summed E-state index contributed by atoms with van der Waals surface area (Å²) in [4.78, 5) is 93.6. The highest BCUT2D eigenvalue weighted by molar-refractivity contribution is 6.12. The summed E-state index contributed by atoms with van der Waals surface area (Å²) < 4.78 is 10.1. The Morgan fingerprint density at radius 2 is 1.40 bits per heavy atom. The molecule has 16 heteroatoms. The molecule has 40 heavy (non-hydrogen) atoms. The maximum atomic E-state index is 11.8. The van der Waals surface area contributed by atoms with Crippen LogP contribution < -0.4 is 27.0 Å². The number of hydrogen-bond donors (Lipinski definition) is 5. The van der Waals surface area contributed by atoms with Crippen molar-refractivity contribution in [3.63, 3.8) is 0 Å². The molecule has 1 aliphatic carbocycles. The number of amides is 7. The van der Waals surface area contributed by atoms with Crippen molar-refractivity contribution in [2.75, 3.05) is 39.5 Å². The summed E-state index contributed by atoms with van der Waals surface area (Å²) in [5.41, 5.74) is 5.16. The zero-order valence-corrected chi connectivity index (χ0v) is 21.9. The SMILES string of the molecule is NC(=O)C1CC(OCNC(=O)CNC(=O)CNC(=O)COC(=O)CNC(=O)CCCCCN2C(=O)C=CC2=O)C1. The number of carbonyl (C=O) groups excluding carboxylic acids is 8. The van der Waals surface area contributed by atoms with Crippen LogP contribution in [0.3, 0.4) is 0 Å². The molecule has 1 fully saturated rings. The van der Waals surface area contributed by atoms with Crippen molar-refractivity contribution < 1.29 is 47.8 Å². The molecule has 0 unspecified atom stereocenters. The first kappa shape index (κ1) is 31.9. The third-order valence-electron chi connectivity index (χ3n) is 5.96. The molecule has 2 rings (SSSR count). The van der Waals surface area contributed by atoms with Gasteiger partial charge in [0.2, 0.25) is 23.6 Å². The first-order valence-electron chi connectivity index (χ1n) is 12.7. The average Bonchev–Trinajstić information content (AvgIpc) is 3.21. The minimum Gasteiger partial charge on any atom is -0.454 e. The van der Waals surface area contributed by atoms with E-state index in [1.807, 2.05) is 0 Å². The Labute approximate surface area is 229 Å². The number of hydrogen-bond acceptors (Lipinski definition) is 10. The standard InChI is InChI=1S/C24H34N6O10/c25-24(38)15-8-16(9-15)40-14-29-19(33)11-26-18(32)10-27-20(34)13-39-23(37)12-28-17(31)4-2-1-3-7-30-21(35)5-6-22(30)36/h5-6,15-16H,1-4,7-14H2,(H2,25,38)(H,26,32)(H,27,34)(H,28,31)(H,29,33). The molecule has 0 radical (unpaired) electrons. The summed E-state index contributed by atoms with van der Waals surface area (Å²) in [5.74, 6) is -4.47. The van der Waals surface area contributed by atoms with Crippen LogP contribution in [0.15, 0.2) is 12.2 Å². The van der Waals surface area contributed by atoms with E-state index in [2.05, 4.69) is 21.3 Å². The molecule has 0 spiro atoms. The van der Waals surface area contributed by atoms with E-state index in [-0.39, 0.29) is 56.0 Å². The molecule has 6 N–H and O–H groups in total. The van der Waals surface area contributed by atoms with Crippen LogP contribution in [0.25, 0.3) is 0 Å². The molecule has 16 nitrogen and oxygen atoms in total. The summed E-state index contributed by atoms with van der Waals surface area (Å²) in [6.07, 6.45) is 5.02. The summed E-state index contributed by atoms with van der Waals surface area (Å²) in [7, 11) is 0. The highest BCUT2D eigenvalue weighted by Gasteiger charge is 2.33. The van der Waals surface area contributed by atoms with E-state index in [0.717, 1.165) is 4.90 Å². The lowest BCUT2D eigenvalue weighted by Gasteiger charge is -2.32. The van der Waals surface area contributed by atoms with Crippen LogP contribution in [0.1, 0.15) is 38.5 Å². The van der Waals surface area contributed by atoms with E-state index in [9.17, 15) is 38.4 Å². The van der Waals surface area contributed by atoms with E-state index in [1.165, 1.54) is 12.2 Å². The van der Waals surface area contributed by atoms with E-state index < -0.39 is 49.3 Å². The Bertz CT molecular complexity index is 1010. The number of nitrogens with one attached hydrogen (secondary N) is 4. The van der Waals surface area contributed by atoms with Crippen molar-refractivity contribution in [1.29, 1.82) is 0 Å². The molecule has 0 aromatic rings. The first-order chi connectivity index (χ1) is 19.0. The normalized spacial score (nSPS) is 17.6.